The molecule has 1 fully saturated rings. The summed E-state index contributed by atoms with van der Waals surface area (Å²) in [4.78, 5) is 16.7. The zero-order valence-corrected chi connectivity index (χ0v) is 16.5. The normalized spacial score (nSPS) is 22.5. The predicted molar refractivity (Wildman–Crippen MR) is 109 cm³/mol. The summed E-state index contributed by atoms with van der Waals surface area (Å²) in [6.07, 6.45) is 0. The minimum absolute atomic E-state index is 0.231. The van der Waals surface area contributed by atoms with Gasteiger partial charge in [-0.25, -0.2) is 0 Å². The van der Waals surface area contributed by atoms with E-state index in [0.29, 0.717) is 23.7 Å². The minimum atomic E-state index is -0.437. The summed E-state index contributed by atoms with van der Waals surface area (Å²) in [5, 5.41) is 9.00. The maximum Gasteiger partial charge on any atom is 0.188 e. The maximum atomic E-state index is 11.6. The second-order valence-corrected chi connectivity index (χ2v) is 7.69. The number of aliphatic hydroxyl groups excluding tert-OH is 1. The van der Waals surface area contributed by atoms with Crippen LogP contribution in [0.4, 0.5) is 0 Å². The van der Waals surface area contributed by atoms with Crippen LogP contribution in [-0.2, 0) is 6.54 Å². The molecule has 1 aliphatic heterocycles. The molecule has 0 amide bonds. The van der Waals surface area contributed by atoms with Crippen molar-refractivity contribution in [2.24, 2.45) is 0 Å². The van der Waals surface area contributed by atoms with Gasteiger partial charge in [0.25, 0.3) is 0 Å². The van der Waals surface area contributed by atoms with Gasteiger partial charge in [-0.3, -0.25) is 14.6 Å². The van der Waals surface area contributed by atoms with Gasteiger partial charge in [0.2, 0.25) is 0 Å². The third kappa shape index (κ3) is 4.64. The highest BCUT2D eigenvalue weighted by Gasteiger charge is 2.31. The second-order valence-electron chi connectivity index (χ2n) is 7.69. The molecule has 0 aromatic heterocycles. The van der Waals surface area contributed by atoms with Crippen LogP contribution in [0, 0.1) is 0 Å². The number of hydrogen-bond donors (Lipinski definition) is 1. The Balaban J connectivity index is 1.66. The Kier molecular flexibility index (Phi) is 6.42. The number of carbonyl (C=O) groups is 1. The summed E-state index contributed by atoms with van der Waals surface area (Å²) >= 11 is 0. The Morgan fingerprint density at radius 2 is 1.63 bits per heavy atom. The molecule has 1 N–H and O–H groups in total. The van der Waals surface area contributed by atoms with Crippen molar-refractivity contribution in [1.29, 1.82) is 0 Å². The van der Waals surface area contributed by atoms with Crippen LogP contribution in [0.5, 0.6) is 0 Å². The first kappa shape index (κ1) is 19.7. The average molecular weight is 367 g/mol. The molecular formula is C23H30N2O2. The van der Waals surface area contributed by atoms with Crippen LogP contribution >= 0.6 is 0 Å². The van der Waals surface area contributed by atoms with Gasteiger partial charge in [0.05, 0.1) is 0 Å². The standard InChI is InChI=1S/C23H30N2O2/c1-17-13-24(14-18(2)25(17)15-20-7-5-4-6-8-20)19(3)21-9-11-22(12-10-21)23(27)16-26/h4-12,17-19,26H,13-16H2,1-3H3/t17-,18+,19?. The number of Topliss-reactive ketones (excluding diaryl/α,β-unsaturated/α-hetero) is 1. The molecule has 0 radical (unpaired) electrons. The number of rotatable bonds is 6. The highest BCUT2D eigenvalue weighted by Crippen LogP contribution is 2.27. The summed E-state index contributed by atoms with van der Waals surface area (Å²) in [5.74, 6) is -0.231. The van der Waals surface area contributed by atoms with E-state index in [4.69, 9.17) is 5.11 Å². The van der Waals surface area contributed by atoms with Crippen LogP contribution in [0.2, 0.25) is 0 Å². The van der Waals surface area contributed by atoms with Crippen molar-refractivity contribution in [2.75, 3.05) is 19.7 Å². The molecule has 0 aliphatic carbocycles. The highest BCUT2D eigenvalue weighted by molar-refractivity contribution is 5.96. The van der Waals surface area contributed by atoms with Crippen LogP contribution in [0.1, 0.15) is 48.3 Å². The fourth-order valence-electron chi connectivity index (χ4n) is 4.07. The van der Waals surface area contributed by atoms with Gasteiger partial charge in [0.15, 0.2) is 5.78 Å². The molecule has 1 aliphatic rings. The molecule has 2 aromatic rings. The van der Waals surface area contributed by atoms with Gasteiger partial charge in [-0.1, -0.05) is 54.6 Å². The van der Waals surface area contributed by atoms with Crippen molar-refractivity contribution in [1.82, 2.24) is 9.80 Å². The Labute approximate surface area is 162 Å². The van der Waals surface area contributed by atoms with Crippen molar-refractivity contribution >= 4 is 5.78 Å². The van der Waals surface area contributed by atoms with Crippen LogP contribution in [-0.4, -0.2) is 52.5 Å². The summed E-state index contributed by atoms with van der Waals surface area (Å²) in [6, 6.07) is 19.6. The molecule has 4 nitrogen and oxygen atoms in total. The van der Waals surface area contributed by atoms with Crippen LogP contribution in [0.3, 0.4) is 0 Å². The lowest BCUT2D eigenvalue weighted by atomic mass is 9.99. The van der Waals surface area contributed by atoms with E-state index < -0.39 is 6.61 Å². The van der Waals surface area contributed by atoms with E-state index in [1.165, 1.54) is 11.1 Å². The third-order valence-corrected chi connectivity index (χ3v) is 5.74. The number of carbonyl (C=O) groups excluding carboxylic acids is 1. The Morgan fingerprint density at radius 1 is 1.04 bits per heavy atom. The van der Waals surface area contributed by atoms with E-state index in [1.807, 2.05) is 24.3 Å². The number of piperazine rings is 1. The number of hydrogen-bond acceptors (Lipinski definition) is 4. The first-order chi connectivity index (χ1) is 13.0. The van der Waals surface area contributed by atoms with Gasteiger partial charge >= 0.3 is 0 Å². The molecule has 4 heteroatoms. The number of nitrogens with zero attached hydrogens (tertiary/aromatic N) is 2. The first-order valence-electron chi connectivity index (χ1n) is 9.77. The van der Waals surface area contributed by atoms with Gasteiger partial charge in [-0.15, -0.1) is 0 Å². The summed E-state index contributed by atoms with van der Waals surface area (Å²) in [5.41, 5.74) is 3.14. The molecule has 144 valence electrons. The number of aliphatic hydroxyl groups is 1. The lowest BCUT2D eigenvalue weighted by Gasteiger charge is -2.46. The Morgan fingerprint density at radius 3 is 2.19 bits per heavy atom. The summed E-state index contributed by atoms with van der Waals surface area (Å²) in [7, 11) is 0. The molecule has 1 heterocycles. The largest absolute Gasteiger partial charge is 0.388 e. The van der Waals surface area contributed by atoms with Gasteiger partial charge in [0, 0.05) is 43.3 Å². The van der Waals surface area contributed by atoms with E-state index in [2.05, 4.69) is 60.9 Å². The van der Waals surface area contributed by atoms with Crippen molar-refractivity contribution < 1.29 is 9.90 Å². The molecule has 0 saturated carbocycles. The van der Waals surface area contributed by atoms with Gasteiger partial charge in [-0.2, -0.15) is 0 Å². The molecule has 3 atom stereocenters. The molecule has 27 heavy (non-hydrogen) atoms. The lowest BCUT2D eigenvalue weighted by Crippen LogP contribution is -2.56. The van der Waals surface area contributed by atoms with Crippen molar-refractivity contribution in [3.8, 4) is 0 Å². The maximum absolute atomic E-state index is 11.6. The van der Waals surface area contributed by atoms with E-state index in [1.54, 1.807) is 0 Å². The quantitative estimate of drug-likeness (QED) is 0.795. The molecule has 0 bridgehead atoms. The molecule has 0 spiro atoms. The topological polar surface area (TPSA) is 43.8 Å². The Bertz CT molecular complexity index is 733. The van der Waals surface area contributed by atoms with Crippen LogP contribution < -0.4 is 0 Å². The monoisotopic (exact) mass is 366 g/mol. The fraction of sp³-hybridized carbons (Fsp3) is 0.435. The molecular weight excluding hydrogens is 336 g/mol. The molecule has 1 unspecified atom stereocenters. The number of benzene rings is 2. The van der Waals surface area contributed by atoms with E-state index in [9.17, 15) is 4.79 Å². The van der Waals surface area contributed by atoms with Crippen LogP contribution in [0.15, 0.2) is 54.6 Å². The van der Waals surface area contributed by atoms with Crippen molar-refractivity contribution in [3.05, 3.63) is 71.3 Å². The van der Waals surface area contributed by atoms with Gasteiger partial charge in [0.1, 0.15) is 6.61 Å². The van der Waals surface area contributed by atoms with Crippen molar-refractivity contribution in [3.63, 3.8) is 0 Å². The summed E-state index contributed by atoms with van der Waals surface area (Å²) in [6.45, 7) is 9.44. The van der Waals surface area contributed by atoms with Crippen molar-refractivity contribution in [2.45, 2.75) is 45.4 Å². The smallest absolute Gasteiger partial charge is 0.188 e. The zero-order chi connectivity index (χ0) is 19.4. The predicted octanol–water partition coefficient (Wildman–Crippen LogP) is 3.52. The first-order valence-corrected chi connectivity index (χ1v) is 9.77. The minimum Gasteiger partial charge on any atom is -0.388 e. The number of ketones is 1. The zero-order valence-electron chi connectivity index (χ0n) is 16.5. The average Bonchev–Trinajstić information content (AvgIpc) is 2.70. The molecule has 1 saturated heterocycles. The van der Waals surface area contributed by atoms with E-state index in [-0.39, 0.29) is 5.78 Å². The Hall–Kier alpha value is -2.01. The third-order valence-electron chi connectivity index (χ3n) is 5.74. The van der Waals surface area contributed by atoms with E-state index >= 15 is 0 Å². The van der Waals surface area contributed by atoms with E-state index in [0.717, 1.165) is 19.6 Å². The fourth-order valence-corrected chi connectivity index (χ4v) is 4.07. The highest BCUT2D eigenvalue weighted by atomic mass is 16.3. The second kappa shape index (κ2) is 8.79. The lowest BCUT2D eigenvalue weighted by molar-refractivity contribution is 0.0143. The van der Waals surface area contributed by atoms with Gasteiger partial charge in [-0.05, 0) is 31.9 Å². The van der Waals surface area contributed by atoms with Gasteiger partial charge < -0.3 is 5.11 Å². The van der Waals surface area contributed by atoms with Crippen LogP contribution in [0.25, 0.3) is 0 Å². The molecule has 3 rings (SSSR count). The molecule has 2 aromatic carbocycles. The summed E-state index contributed by atoms with van der Waals surface area (Å²) < 4.78 is 0. The SMILES string of the molecule is CC(c1ccc(C(=O)CO)cc1)N1C[C@@H](C)N(Cc2ccccc2)[C@@H](C)C1.